The molecule has 0 aromatic rings. The first kappa shape index (κ1) is 18.7. The smallest absolute Gasteiger partial charge is 0.192 e. The topological polar surface area (TPSA) is 27.7 Å². The standard InChI is InChI=1S/C15H30O3Si/c1-10-12(2)14(17-11-16-7)13(3)18-19(8,9)15(4,5)6/h1,12-14H,11H2,2-9H3/t12-,13+,14-/m1/s1. The summed E-state index contributed by atoms with van der Waals surface area (Å²) in [5.41, 5.74) is 0. The average molecular weight is 286 g/mol. The minimum absolute atomic E-state index is 0.00471. The van der Waals surface area contributed by atoms with Crippen LogP contribution in [0.25, 0.3) is 0 Å². The molecule has 0 aliphatic carbocycles. The highest BCUT2D eigenvalue weighted by Crippen LogP contribution is 2.38. The zero-order chi connectivity index (χ0) is 15.3. The molecule has 0 bridgehead atoms. The molecule has 0 radical (unpaired) electrons. The summed E-state index contributed by atoms with van der Waals surface area (Å²) in [5.74, 6) is 2.73. The molecular formula is C15H30O3Si. The lowest BCUT2D eigenvalue weighted by Crippen LogP contribution is -2.48. The van der Waals surface area contributed by atoms with E-state index in [4.69, 9.17) is 20.3 Å². The van der Waals surface area contributed by atoms with Crippen LogP contribution in [0.4, 0.5) is 0 Å². The quantitative estimate of drug-likeness (QED) is 0.406. The summed E-state index contributed by atoms with van der Waals surface area (Å²) in [6.45, 7) is 15.4. The third kappa shape index (κ3) is 5.66. The van der Waals surface area contributed by atoms with Crippen molar-refractivity contribution in [1.82, 2.24) is 0 Å². The molecule has 0 saturated heterocycles. The fraction of sp³-hybridized carbons (Fsp3) is 0.867. The van der Waals surface area contributed by atoms with Gasteiger partial charge in [-0.2, -0.15) is 0 Å². The van der Waals surface area contributed by atoms with E-state index in [1.54, 1.807) is 7.11 Å². The van der Waals surface area contributed by atoms with Gasteiger partial charge in [0, 0.05) is 13.0 Å². The predicted molar refractivity (Wildman–Crippen MR) is 82.5 cm³/mol. The number of rotatable bonds is 7. The lowest BCUT2D eigenvalue weighted by atomic mass is 10.0. The second-order valence-corrected chi connectivity index (χ2v) is 11.3. The number of hydrogen-bond acceptors (Lipinski definition) is 3. The van der Waals surface area contributed by atoms with Gasteiger partial charge in [0.05, 0.1) is 12.2 Å². The van der Waals surface area contributed by atoms with Gasteiger partial charge in [0.25, 0.3) is 0 Å². The molecule has 0 fully saturated rings. The lowest BCUT2D eigenvalue weighted by Gasteiger charge is -2.40. The van der Waals surface area contributed by atoms with Gasteiger partial charge >= 0.3 is 0 Å². The summed E-state index contributed by atoms with van der Waals surface area (Å²) in [4.78, 5) is 0. The van der Waals surface area contributed by atoms with E-state index in [1.807, 2.05) is 13.8 Å². The summed E-state index contributed by atoms with van der Waals surface area (Å²) in [5, 5.41) is 0.173. The normalized spacial score (nSPS) is 17.6. The maximum atomic E-state index is 6.35. The van der Waals surface area contributed by atoms with Crippen molar-refractivity contribution in [2.45, 2.75) is 65.0 Å². The van der Waals surface area contributed by atoms with Gasteiger partial charge in [-0.1, -0.05) is 20.8 Å². The van der Waals surface area contributed by atoms with Crippen LogP contribution in [-0.2, 0) is 13.9 Å². The molecule has 112 valence electrons. The number of hydrogen-bond donors (Lipinski definition) is 0. The third-order valence-corrected chi connectivity index (χ3v) is 8.46. The van der Waals surface area contributed by atoms with E-state index in [0.717, 1.165) is 0 Å². The van der Waals surface area contributed by atoms with E-state index < -0.39 is 8.32 Å². The van der Waals surface area contributed by atoms with Crippen LogP contribution in [0.5, 0.6) is 0 Å². The lowest BCUT2D eigenvalue weighted by molar-refractivity contribution is -0.116. The molecule has 3 nitrogen and oxygen atoms in total. The van der Waals surface area contributed by atoms with Gasteiger partial charge in [0.15, 0.2) is 8.32 Å². The van der Waals surface area contributed by atoms with Gasteiger partial charge in [-0.3, -0.25) is 0 Å². The van der Waals surface area contributed by atoms with Gasteiger partial charge in [-0.15, -0.1) is 12.3 Å². The van der Waals surface area contributed by atoms with Crippen LogP contribution in [0.3, 0.4) is 0 Å². The van der Waals surface area contributed by atoms with Crippen molar-refractivity contribution in [2.24, 2.45) is 5.92 Å². The molecule has 3 atom stereocenters. The van der Waals surface area contributed by atoms with E-state index >= 15 is 0 Å². The SMILES string of the molecule is C#C[C@@H](C)[C@@H](OCOC)[C@H](C)O[Si](C)(C)C(C)(C)C. The Hall–Kier alpha value is -0.343. The fourth-order valence-corrected chi connectivity index (χ4v) is 3.05. The summed E-state index contributed by atoms with van der Waals surface area (Å²) in [6, 6.07) is 0. The molecule has 4 heteroatoms. The average Bonchev–Trinajstić information content (AvgIpc) is 2.26. The molecule has 0 amide bonds. The van der Waals surface area contributed by atoms with Crippen molar-refractivity contribution >= 4 is 8.32 Å². The van der Waals surface area contributed by atoms with Crippen LogP contribution >= 0.6 is 0 Å². The van der Waals surface area contributed by atoms with Gasteiger partial charge < -0.3 is 13.9 Å². The monoisotopic (exact) mass is 286 g/mol. The molecule has 0 spiro atoms. The third-order valence-electron chi connectivity index (χ3n) is 3.88. The van der Waals surface area contributed by atoms with Crippen LogP contribution < -0.4 is 0 Å². The molecular weight excluding hydrogens is 256 g/mol. The van der Waals surface area contributed by atoms with Crippen LogP contribution in [0.1, 0.15) is 34.6 Å². The van der Waals surface area contributed by atoms with Gasteiger partial charge in [-0.05, 0) is 32.0 Å². The van der Waals surface area contributed by atoms with E-state index in [-0.39, 0.29) is 30.0 Å². The van der Waals surface area contributed by atoms with Crippen molar-refractivity contribution in [1.29, 1.82) is 0 Å². The maximum Gasteiger partial charge on any atom is 0.192 e. The summed E-state index contributed by atoms with van der Waals surface area (Å²) >= 11 is 0. The molecule has 0 aromatic heterocycles. The second-order valence-electron chi connectivity index (χ2n) is 6.58. The Bertz CT molecular complexity index is 301. The first-order chi connectivity index (χ1) is 8.56. The highest BCUT2D eigenvalue weighted by molar-refractivity contribution is 6.74. The summed E-state index contributed by atoms with van der Waals surface area (Å²) in [7, 11) is -0.210. The van der Waals surface area contributed by atoms with Gasteiger partial charge in [0.2, 0.25) is 0 Å². The van der Waals surface area contributed by atoms with Crippen molar-refractivity contribution in [3.05, 3.63) is 0 Å². The number of terminal acetylenes is 1. The van der Waals surface area contributed by atoms with E-state index in [0.29, 0.717) is 0 Å². The largest absolute Gasteiger partial charge is 0.412 e. The Kier molecular flexibility index (Phi) is 7.31. The highest BCUT2D eigenvalue weighted by Gasteiger charge is 2.40. The molecule has 0 aliphatic heterocycles. The van der Waals surface area contributed by atoms with Crippen molar-refractivity contribution in [2.75, 3.05) is 13.9 Å². The van der Waals surface area contributed by atoms with E-state index in [9.17, 15) is 0 Å². The summed E-state index contributed by atoms with van der Waals surface area (Å²) < 4.78 is 17.0. The van der Waals surface area contributed by atoms with E-state index in [1.165, 1.54) is 0 Å². The molecule has 0 aliphatic rings. The zero-order valence-electron chi connectivity index (χ0n) is 13.7. The Labute approximate surface area is 120 Å². The molecule has 0 unspecified atom stereocenters. The van der Waals surface area contributed by atoms with Crippen molar-refractivity contribution in [3.8, 4) is 12.3 Å². The zero-order valence-corrected chi connectivity index (χ0v) is 14.7. The minimum Gasteiger partial charge on any atom is -0.412 e. The Morgan fingerprint density at radius 2 is 1.74 bits per heavy atom. The van der Waals surface area contributed by atoms with E-state index in [2.05, 4.69) is 39.8 Å². The van der Waals surface area contributed by atoms with Gasteiger partial charge in [-0.25, -0.2) is 0 Å². The first-order valence-electron chi connectivity index (χ1n) is 6.81. The summed E-state index contributed by atoms with van der Waals surface area (Å²) in [6.07, 6.45) is 5.34. The van der Waals surface area contributed by atoms with Crippen LogP contribution in [0.15, 0.2) is 0 Å². The molecule has 0 saturated carbocycles. The minimum atomic E-state index is -1.82. The molecule has 19 heavy (non-hydrogen) atoms. The fourth-order valence-electron chi connectivity index (χ4n) is 1.64. The number of methoxy groups -OCH3 is 1. The Balaban J connectivity index is 4.82. The predicted octanol–water partition coefficient (Wildman–Crippen LogP) is 3.66. The maximum absolute atomic E-state index is 6.35. The van der Waals surface area contributed by atoms with Gasteiger partial charge in [0.1, 0.15) is 6.79 Å². The Morgan fingerprint density at radius 3 is 2.11 bits per heavy atom. The molecule has 0 N–H and O–H groups in total. The number of ether oxygens (including phenoxy) is 2. The first-order valence-corrected chi connectivity index (χ1v) is 9.72. The molecule has 0 rings (SSSR count). The molecule has 0 aromatic carbocycles. The van der Waals surface area contributed by atoms with Crippen LogP contribution in [0, 0.1) is 18.3 Å². The van der Waals surface area contributed by atoms with Crippen LogP contribution in [0.2, 0.25) is 18.1 Å². The Morgan fingerprint density at radius 1 is 1.21 bits per heavy atom. The van der Waals surface area contributed by atoms with Crippen molar-refractivity contribution < 1.29 is 13.9 Å². The molecule has 0 heterocycles. The second kappa shape index (κ2) is 7.44. The van der Waals surface area contributed by atoms with Crippen molar-refractivity contribution in [3.63, 3.8) is 0 Å². The highest BCUT2D eigenvalue weighted by atomic mass is 28.4. The van der Waals surface area contributed by atoms with Crippen LogP contribution in [-0.4, -0.2) is 34.4 Å².